The van der Waals surface area contributed by atoms with Gasteiger partial charge >= 0.3 is 0 Å². The molecule has 1 aromatic carbocycles. The Morgan fingerprint density at radius 2 is 2.00 bits per heavy atom. The Balaban J connectivity index is 2.43. The summed E-state index contributed by atoms with van der Waals surface area (Å²) in [6.07, 6.45) is 0.572. The molecule has 1 unspecified atom stereocenters. The molecule has 2 aromatic rings. The molecule has 2 amide bonds. The van der Waals surface area contributed by atoms with E-state index in [-0.39, 0.29) is 18.4 Å². The quantitative estimate of drug-likeness (QED) is 0.328. The number of amides is 2. The third-order valence-electron chi connectivity index (χ3n) is 3.93. The zero-order valence-corrected chi connectivity index (χ0v) is 14.1. The minimum Gasteiger partial charge on any atom is -0.295 e. The lowest BCUT2D eigenvalue weighted by molar-refractivity contribution is -0.383. The molecular weight excluding hydrogens is 368 g/mol. The molecule has 1 aromatic heterocycles. The van der Waals surface area contributed by atoms with Crippen molar-refractivity contribution in [2.45, 2.75) is 24.0 Å². The lowest BCUT2D eigenvalue weighted by Gasteiger charge is -2.24. The van der Waals surface area contributed by atoms with Gasteiger partial charge in [0, 0.05) is 18.7 Å². The Hall–Kier alpha value is -3.15. The number of nitro groups is 1. The van der Waals surface area contributed by atoms with Crippen molar-refractivity contribution in [2.24, 2.45) is 0 Å². The van der Waals surface area contributed by atoms with Gasteiger partial charge in [-0.25, -0.2) is 13.4 Å². The molecule has 1 atom stereocenters. The number of carbonyl (C=O) groups is 2. The third-order valence-corrected chi connectivity index (χ3v) is 4.88. The van der Waals surface area contributed by atoms with Crippen molar-refractivity contribution in [3.63, 3.8) is 0 Å². The lowest BCUT2D eigenvalue weighted by atomic mass is 10.1. The fourth-order valence-corrected chi connectivity index (χ4v) is 3.65. The molecule has 1 aliphatic rings. The van der Waals surface area contributed by atoms with Crippen LogP contribution in [-0.2, 0) is 19.4 Å². The van der Waals surface area contributed by atoms with Gasteiger partial charge in [-0.15, -0.1) is 0 Å². The summed E-state index contributed by atoms with van der Waals surface area (Å²) in [4.78, 5) is 50.7. The van der Waals surface area contributed by atoms with Gasteiger partial charge in [0.2, 0.25) is 26.8 Å². The summed E-state index contributed by atoms with van der Waals surface area (Å²) in [7, 11) is -4.05. The monoisotopic (exact) mass is 380 g/mol. The van der Waals surface area contributed by atoms with Crippen LogP contribution in [0.1, 0.15) is 18.9 Å². The number of nitrogens with zero attached hydrogens (tertiary/aromatic N) is 3. The predicted molar refractivity (Wildman–Crippen MR) is 87.2 cm³/mol. The molecule has 1 N–H and O–H groups in total. The number of piperidine rings is 1. The van der Waals surface area contributed by atoms with Crippen LogP contribution in [0, 0.1) is 10.1 Å². The molecule has 0 bridgehead atoms. The Bertz CT molecular complexity index is 1140. The van der Waals surface area contributed by atoms with Gasteiger partial charge in [-0.1, -0.05) is 6.07 Å². The zero-order chi connectivity index (χ0) is 19.2. The van der Waals surface area contributed by atoms with E-state index in [2.05, 4.69) is 4.98 Å². The number of rotatable bonds is 3. The van der Waals surface area contributed by atoms with Gasteiger partial charge in [0.05, 0.1) is 10.4 Å². The number of carbonyl (C=O) groups excluding carboxylic acids is 2. The largest absolute Gasteiger partial charge is 0.295 e. The summed E-state index contributed by atoms with van der Waals surface area (Å²) < 4.78 is 24.9. The second kappa shape index (κ2) is 5.98. The van der Waals surface area contributed by atoms with Crippen molar-refractivity contribution in [1.29, 1.82) is 0 Å². The first-order valence-corrected chi connectivity index (χ1v) is 9.24. The van der Waals surface area contributed by atoms with Crippen molar-refractivity contribution in [3.05, 3.63) is 38.7 Å². The molecule has 0 aliphatic carbocycles. The molecule has 1 aliphatic heterocycles. The molecule has 1 fully saturated rings. The van der Waals surface area contributed by atoms with Gasteiger partial charge in [0.15, 0.2) is 0 Å². The van der Waals surface area contributed by atoms with E-state index < -0.39 is 54.4 Å². The Labute approximate surface area is 145 Å². The molecule has 0 saturated carbocycles. The van der Waals surface area contributed by atoms with Gasteiger partial charge in [-0.3, -0.25) is 34.4 Å². The Morgan fingerprint density at radius 3 is 2.58 bits per heavy atom. The second-order valence-corrected chi connectivity index (χ2v) is 7.65. The average Bonchev–Trinajstić information content (AvgIpc) is 2.54. The van der Waals surface area contributed by atoms with E-state index in [4.69, 9.17) is 0 Å². The van der Waals surface area contributed by atoms with E-state index in [0.717, 1.165) is 12.3 Å². The fraction of sp³-hybridized carbons (Fsp3) is 0.286. The average molecular weight is 380 g/mol. The smallest absolute Gasteiger partial charge is 0.284 e. The van der Waals surface area contributed by atoms with E-state index in [1.54, 1.807) is 0 Å². The van der Waals surface area contributed by atoms with Crippen LogP contribution in [0.4, 0.5) is 5.69 Å². The summed E-state index contributed by atoms with van der Waals surface area (Å²) in [6, 6.07) is 2.31. The number of hydrogen-bond acceptors (Lipinski definition) is 8. The number of benzene rings is 1. The molecule has 0 spiro atoms. The lowest BCUT2D eigenvalue weighted by Crippen LogP contribution is -2.45. The predicted octanol–water partition coefficient (Wildman–Crippen LogP) is -0.314. The minimum atomic E-state index is -4.05. The van der Waals surface area contributed by atoms with Crippen LogP contribution in [0.15, 0.2) is 28.2 Å². The van der Waals surface area contributed by atoms with E-state index in [1.165, 1.54) is 12.1 Å². The van der Waals surface area contributed by atoms with E-state index >= 15 is 0 Å². The van der Waals surface area contributed by atoms with Crippen molar-refractivity contribution in [1.82, 2.24) is 14.9 Å². The highest BCUT2D eigenvalue weighted by Gasteiger charge is 2.34. The Kier molecular flexibility index (Phi) is 4.06. The molecule has 3 rings (SSSR count). The maximum absolute atomic E-state index is 12.9. The number of imide groups is 1. The highest BCUT2D eigenvalue weighted by molar-refractivity contribution is 7.90. The molecule has 2 heterocycles. The van der Waals surface area contributed by atoms with Crippen molar-refractivity contribution < 1.29 is 22.9 Å². The first-order chi connectivity index (χ1) is 12.1. The van der Waals surface area contributed by atoms with Gasteiger partial charge in [-0.2, -0.15) is 0 Å². The highest BCUT2D eigenvalue weighted by atomic mass is 32.2. The summed E-state index contributed by atoms with van der Waals surface area (Å²) in [5, 5.41) is 12.2. The first kappa shape index (κ1) is 17.7. The topological polar surface area (TPSA) is 158 Å². The van der Waals surface area contributed by atoms with E-state index in [0.29, 0.717) is 4.57 Å². The number of nitrogens with one attached hydrogen (secondary N) is 1. The van der Waals surface area contributed by atoms with Crippen LogP contribution in [-0.4, -0.2) is 41.0 Å². The van der Waals surface area contributed by atoms with Gasteiger partial charge < -0.3 is 0 Å². The molecule has 26 heavy (non-hydrogen) atoms. The standard InChI is InChI=1S/C14H12N4O7S/c1-26(24,25)14-15-7-3-2-4-8(18(22)23)11(7)13(21)17(14)9-5-6-10(19)16-12(9)20/h2-4,9H,5-6H2,1H3,(H,16,19,20). The normalized spacial score (nSPS) is 18.0. The number of hydrogen-bond donors (Lipinski definition) is 1. The summed E-state index contributed by atoms with van der Waals surface area (Å²) >= 11 is 0. The van der Waals surface area contributed by atoms with Crippen LogP contribution < -0.4 is 10.9 Å². The zero-order valence-electron chi connectivity index (χ0n) is 13.3. The summed E-state index contributed by atoms with van der Waals surface area (Å²) in [5.74, 6) is -1.42. The van der Waals surface area contributed by atoms with Crippen LogP contribution in [0.5, 0.6) is 0 Å². The van der Waals surface area contributed by atoms with Crippen LogP contribution in [0.25, 0.3) is 10.9 Å². The number of non-ortho nitro benzene ring substituents is 1. The molecule has 11 nitrogen and oxygen atoms in total. The first-order valence-electron chi connectivity index (χ1n) is 7.34. The van der Waals surface area contributed by atoms with E-state index in [1.807, 2.05) is 5.32 Å². The maximum atomic E-state index is 12.9. The summed E-state index contributed by atoms with van der Waals surface area (Å²) in [6.45, 7) is 0. The SMILES string of the molecule is CS(=O)(=O)c1nc2cccc([N+](=O)[O-])c2c(=O)n1C1CCC(=O)NC1=O. The van der Waals surface area contributed by atoms with Crippen molar-refractivity contribution >= 4 is 38.2 Å². The second-order valence-electron chi connectivity index (χ2n) is 5.74. The highest BCUT2D eigenvalue weighted by Crippen LogP contribution is 2.26. The van der Waals surface area contributed by atoms with Gasteiger partial charge in [-0.05, 0) is 12.5 Å². The molecule has 12 heteroatoms. The number of fused-ring (bicyclic) bond motifs is 1. The van der Waals surface area contributed by atoms with Gasteiger partial charge in [0.25, 0.3) is 11.2 Å². The number of sulfone groups is 1. The van der Waals surface area contributed by atoms with E-state index in [9.17, 15) is 32.9 Å². The maximum Gasteiger partial charge on any atom is 0.284 e. The third kappa shape index (κ3) is 2.83. The van der Waals surface area contributed by atoms with Crippen LogP contribution in [0.3, 0.4) is 0 Å². The fourth-order valence-electron chi connectivity index (χ4n) is 2.82. The minimum absolute atomic E-state index is 0.110. The number of nitro benzene ring substituents is 1. The van der Waals surface area contributed by atoms with Crippen LogP contribution >= 0.6 is 0 Å². The van der Waals surface area contributed by atoms with Crippen molar-refractivity contribution in [2.75, 3.05) is 6.26 Å². The Morgan fingerprint density at radius 1 is 1.31 bits per heavy atom. The summed E-state index contributed by atoms with van der Waals surface area (Å²) in [5.41, 5.74) is -1.76. The molecular formula is C14H12N4O7S. The van der Waals surface area contributed by atoms with Crippen molar-refractivity contribution in [3.8, 4) is 0 Å². The molecule has 136 valence electrons. The number of aromatic nitrogens is 2. The molecule has 0 radical (unpaired) electrons. The van der Waals surface area contributed by atoms with Crippen LogP contribution in [0.2, 0.25) is 0 Å². The molecule has 1 saturated heterocycles. The van der Waals surface area contributed by atoms with Gasteiger partial charge in [0.1, 0.15) is 11.4 Å².